The highest BCUT2D eigenvalue weighted by Gasteiger charge is 2.25. The van der Waals surface area contributed by atoms with Gasteiger partial charge in [0.15, 0.2) is 6.10 Å². The standard InChI is InChI=1S/C57H99NO7/c1-6-8-10-12-14-16-18-20-22-24-26-28-30-31-33-35-37-39-41-43-45-47-55(59)64-52-53(51-63-50-49-54(57(61)62)58(3,4)5)65-56(60)48-46-44-42-40-38-36-34-32-29-27-25-23-21-19-17-15-13-11-9-7-2/h9,11,15,17,21,23,27,29,34,36,40,42,53-54H,6-8,10,12-14,16,18-20,22,24-26,28,30-33,35,37-39,41,43-52H2,1-5H3/b11-9+,17-15+,23-21+,29-27+,36-34+,42-40+. The number of hydrogen-bond acceptors (Lipinski definition) is 7. The van der Waals surface area contributed by atoms with Gasteiger partial charge in [0.25, 0.3) is 0 Å². The zero-order chi connectivity index (χ0) is 47.7. The Hall–Kier alpha value is -3.23. The van der Waals surface area contributed by atoms with E-state index >= 15 is 0 Å². The lowest BCUT2D eigenvalue weighted by molar-refractivity contribution is -0.889. The predicted octanol–water partition coefficient (Wildman–Crippen LogP) is 14.1. The molecule has 0 saturated heterocycles. The van der Waals surface area contributed by atoms with Crippen LogP contribution in [0.25, 0.3) is 0 Å². The molecule has 8 nitrogen and oxygen atoms in total. The van der Waals surface area contributed by atoms with Gasteiger partial charge in [-0.05, 0) is 57.8 Å². The molecule has 2 atom stereocenters. The maximum atomic E-state index is 12.8. The molecule has 0 fully saturated rings. The smallest absolute Gasteiger partial charge is 0.306 e. The summed E-state index contributed by atoms with van der Waals surface area (Å²) in [6, 6.07) is -0.739. The molecule has 0 saturated carbocycles. The zero-order valence-corrected chi connectivity index (χ0v) is 42.6. The van der Waals surface area contributed by atoms with Crippen molar-refractivity contribution in [2.24, 2.45) is 0 Å². The minimum atomic E-state index is -1.13. The Labute approximate surface area is 400 Å². The van der Waals surface area contributed by atoms with E-state index in [2.05, 4.69) is 86.8 Å². The number of carboxylic acids is 1. The number of ether oxygens (including phenoxy) is 3. The third-order valence-electron chi connectivity index (χ3n) is 11.6. The summed E-state index contributed by atoms with van der Waals surface area (Å²) in [5.41, 5.74) is 0. The maximum absolute atomic E-state index is 12.8. The molecule has 8 heteroatoms. The predicted molar refractivity (Wildman–Crippen MR) is 272 cm³/mol. The van der Waals surface area contributed by atoms with Crippen LogP contribution in [0, 0.1) is 0 Å². The molecule has 0 aliphatic carbocycles. The molecule has 0 radical (unpaired) electrons. The van der Waals surface area contributed by atoms with Crippen LogP contribution in [0.4, 0.5) is 0 Å². The largest absolute Gasteiger partial charge is 0.544 e. The fraction of sp³-hybridized carbons (Fsp3) is 0.737. The second kappa shape index (κ2) is 47.3. The van der Waals surface area contributed by atoms with E-state index in [1.165, 1.54) is 116 Å². The van der Waals surface area contributed by atoms with Gasteiger partial charge in [-0.15, -0.1) is 0 Å². The normalized spacial score (nSPS) is 13.4. The number of nitrogens with zero attached hydrogens (tertiary/aromatic N) is 1. The fourth-order valence-electron chi connectivity index (χ4n) is 7.56. The molecule has 374 valence electrons. The van der Waals surface area contributed by atoms with Gasteiger partial charge in [-0.25, -0.2) is 0 Å². The van der Waals surface area contributed by atoms with E-state index in [0.717, 1.165) is 64.2 Å². The molecule has 0 amide bonds. The molecule has 0 heterocycles. The highest BCUT2D eigenvalue weighted by molar-refractivity contribution is 5.70. The van der Waals surface area contributed by atoms with E-state index in [4.69, 9.17) is 14.2 Å². The molecular formula is C57H99NO7. The Morgan fingerprint density at radius 1 is 0.477 bits per heavy atom. The summed E-state index contributed by atoms with van der Waals surface area (Å²) in [6.07, 6.45) is 60.9. The van der Waals surface area contributed by atoms with Crippen LogP contribution in [0.2, 0.25) is 0 Å². The summed E-state index contributed by atoms with van der Waals surface area (Å²) < 4.78 is 17.2. The highest BCUT2D eigenvalue weighted by Crippen LogP contribution is 2.16. The average molecular weight is 910 g/mol. The van der Waals surface area contributed by atoms with Gasteiger partial charge in [0.1, 0.15) is 12.6 Å². The lowest BCUT2D eigenvalue weighted by atomic mass is 10.0. The number of hydrogen-bond donors (Lipinski definition) is 0. The highest BCUT2D eigenvalue weighted by atomic mass is 16.6. The number of esters is 2. The molecule has 0 rings (SSSR count). The molecule has 0 aliphatic heterocycles. The van der Waals surface area contributed by atoms with E-state index in [1.54, 1.807) is 21.1 Å². The average Bonchev–Trinajstić information content (AvgIpc) is 3.27. The van der Waals surface area contributed by atoms with Crippen molar-refractivity contribution in [1.29, 1.82) is 0 Å². The van der Waals surface area contributed by atoms with Crippen molar-refractivity contribution in [3.05, 3.63) is 72.9 Å². The fourth-order valence-corrected chi connectivity index (χ4v) is 7.56. The van der Waals surface area contributed by atoms with Gasteiger partial charge in [-0.2, -0.15) is 0 Å². The number of carbonyl (C=O) groups excluding carboxylic acids is 3. The van der Waals surface area contributed by atoms with Crippen LogP contribution in [0.15, 0.2) is 72.9 Å². The van der Waals surface area contributed by atoms with Crippen LogP contribution in [0.1, 0.15) is 219 Å². The third kappa shape index (κ3) is 45.7. The van der Waals surface area contributed by atoms with E-state index in [1.807, 2.05) is 0 Å². The summed E-state index contributed by atoms with van der Waals surface area (Å²) in [7, 11) is 5.39. The van der Waals surface area contributed by atoms with Gasteiger partial charge in [-0.3, -0.25) is 9.59 Å². The van der Waals surface area contributed by atoms with Crippen LogP contribution in [0.5, 0.6) is 0 Å². The minimum absolute atomic E-state index is 0.0163. The number of quaternary nitrogens is 1. The first kappa shape index (κ1) is 61.8. The van der Waals surface area contributed by atoms with Crippen LogP contribution in [-0.2, 0) is 28.6 Å². The van der Waals surface area contributed by atoms with Crippen LogP contribution in [0.3, 0.4) is 0 Å². The van der Waals surface area contributed by atoms with Crippen molar-refractivity contribution < 1.29 is 38.2 Å². The van der Waals surface area contributed by atoms with Gasteiger partial charge in [0, 0.05) is 19.3 Å². The molecule has 0 aromatic carbocycles. The Bertz CT molecular complexity index is 1290. The van der Waals surface area contributed by atoms with Gasteiger partial charge >= 0.3 is 11.9 Å². The van der Waals surface area contributed by atoms with Gasteiger partial charge in [-0.1, -0.05) is 215 Å². The topological polar surface area (TPSA) is 102 Å². The van der Waals surface area contributed by atoms with Gasteiger partial charge in [0.05, 0.1) is 40.3 Å². The molecule has 2 unspecified atom stereocenters. The van der Waals surface area contributed by atoms with E-state index in [0.29, 0.717) is 12.8 Å². The molecule has 0 spiro atoms. The minimum Gasteiger partial charge on any atom is -0.544 e. The molecule has 0 N–H and O–H groups in total. The summed E-state index contributed by atoms with van der Waals surface area (Å²) in [5.74, 6) is -1.81. The first-order chi connectivity index (χ1) is 31.6. The number of carbonyl (C=O) groups is 3. The first-order valence-corrected chi connectivity index (χ1v) is 26.5. The Balaban J connectivity index is 4.31. The Morgan fingerprint density at radius 2 is 0.862 bits per heavy atom. The summed E-state index contributed by atoms with van der Waals surface area (Å²) in [5, 5.41) is 11.7. The molecule has 0 aromatic rings. The zero-order valence-electron chi connectivity index (χ0n) is 42.6. The summed E-state index contributed by atoms with van der Waals surface area (Å²) >= 11 is 0. The summed E-state index contributed by atoms with van der Waals surface area (Å²) in [6.45, 7) is 4.51. The number of carboxylic acid groups (broad SMARTS) is 1. The van der Waals surface area contributed by atoms with Gasteiger partial charge < -0.3 is 28.6 Å². The molecular weight excluding hydrogens is 811 g/mol. The molecule has 65 heavy (non-hydrogen) atoms. The van der Waals surface area contributed by atoms with E-state index < -0.39 is 18.1 Å². The van der Waals surface area contributed by atoms with Crippen molar-refractivity contribution in [2.45, 2.75) is 231 Å². The van der Waals surface area contributed by atoms with Crippen molar-refractivity contribution in [3.63, 3.8) is 0 Å². The number of likely N-dealkylation sites (N-methyl/N-ethyl adjacent to an activating group) is 1. The molecule has 0 aromatic heterocycles. The van der Waals surface area contributed by atoms with E-state index in [-0.39, 0.29) is 49.1 Å². The SMILES string of the molecule is CC/C=C/C/C=C/C/C=C/C/C=C/C/C=C/C/C=C/CCCC(=O)OC(COCCC(C(=O)[O-])[N+](C)(C)C)COC(=O)CCCCCCCCCCCCCCCCCCCCCCC. The number of rotatable bonds is 47. The Kier molecular flexibility index (Phi) is 44.9. The second-order valence-corrected chi connectivity index (χ2v) is 18.7. The molecule has 0 bridgehead atoms. The van der Waals surface area contributed by atoms with Gasteiger partial charge in [0.2, 0.25) is 0 Å². The monoisotopic (exact) mass is 910 g/mol. The van der Waals surface area contributed by atoms with Crippen LogP contribution < -0.4 is 5.11 Å². The lowest BCUT2D eigenvalue weighted by Gasteiger charge is -2.34. The quantitative estimate of drug-likeness (QED) is 0.0259. The van der Waals surface area contributed by atoms with Crippen molar-refractivity contribution in [3.8, 4) is 0 Å². The third-order valence-corrected chi connectivity index (χ3v) is 11.6. The van der Waals surface area contributed by atoms with Crippen LogP contribution >= 0.6 is 0 Å². The molecule has 0 aliphatic rings. The second-order valence-electron chi connectivity index (χ2n) is 18.7. The number of allylic oxidation sites excluding steroid dienone is 12. The number of aliphatic carboxylic acids is 1. The number of unbranched alkanes of at least 4 members (excludes halogenated alkanes) is 21. The van der Waals surface area contributed by atoms with Crippen molar-refractivity contribution >= 4 is 17.9 Å². The van der Waals surface area contributed by atoms with Crippen LogP contribution in [-0.4, -0.2) is 75.5 Å². The Morgan fingerprint density at radius 3 is 1.26 bits per heavy atom. The summed E-state index contributed by atoms with van der Waals surface area (Å²) in [4.78, 5) is 37.0. The van der Waals surface area contributed by atoms with E-state index in [9.17, 15) is 19.5 Å². The first-order valence-electron chi connectivity index (χ1n) is 26.5. The lowest BCUT2D eigenvalue weighted by Crippen LogP contribution is -2.55. The maximum Gasteiger partial charge on any atom is 0.306 e. The van der Waals surface area contributed by atoms with Crippen molar-refractivity contribution in [2.75, 3.05) is 41.0 Å². The van der Waals surface area contributed by atoms with Crippen molar-refractivity contribution in [1.82, 2.24) is 0 Å².